The molecule has 1 saturated heterocycles. The van der Waals surface area contributed by atoms with Crippen LogP contribution in [0, 0.1) is 0 Å². The molecule has 2 aliphatic rings. The van der Waals surface area contributed by atoms with Crippen molar-refractivity contribution in [2.45, 2.75) is 84.2 Å². The van der Waals surface area contributed by atoms with E-state index >= 15 is 0 Å². The van der Waals surface area contributed by atoms with E-state index in [9.17, 15) is 4.79 Å². The highest BCUT2D eigenvalue weighted by atomic mass is 16.7. The summed E-state index contributed by atoms with van der Waals surface area (Å²) >= 11 is 0. The molecule has 0 aliphatic carbocycles. The molecule has 0 saturated carbocycles. The average Bonchev–Trinajstić information content (AvgIpc) is 2.58. The summed E-state index contributed by atoms with van der Waals surface area (Å²) in [5.74, 6) is -0.0438. The molecular formula is C21H31NO5. The van der Waals surface area contributed by atoms with Crippen LogP contribution in [-0.2, 0) is 25.6 Å². The molecule has 1 aromatic rings. The van der Waals surface area contributed by atoms with Gasteiger partial charge in [-0.25, -0.2) is 0 Å². The molecule has 150 valence electrons. The summed E-state index contributed by atoms with van der Waals surface area (Å²) in [6, 6.07) is 5.70. The maximum absolute atomic E-state index is 13.0. The van der Waals surface area contributed by atoms with E-state index in [4.69, 9.17) is 18.9 Å². The number of hydrogen-bond donors (Lipinski definition) is 1. The van der Waals surface area contributed by atoms with Crippen molar-refractivity contribution in [2.75, 3.05) is 6.61 Å². The first kappa shape index (κ1) is 20.1. The molecule has 1 N–H and O–H groups in total. The van der Waals surface area contributed by atoms with Crippen LogP contribution < -0.4 is 10.1 Å². The zero-order chi connectivity index (χ0) is 19.7. The van der Waals surface area contributed by atoms with Gasteiger partial charge in [-0.05, 0) is 57.7 Å². The van der Waals surface area contributed by atoms with E-state index in [1.54, 1.807) is 0 Å². The van der Waals surface area contributed by atoms with E-state index in [0.717, 1.165) is 36.1 Å². The molecule has 6 nitrogen and oxygen atoms in total. The summed E-state index contributed by atoms with van der Waals surface area (Å²) in [5, 5.41) is 3.02. The second kappa shape index (κ2) is 7.78. The fourth-order valence-corrected chi connectivity index (χ4v) is 3.22. The van der Waals surface area contributed by atoms with E-state index in [0.29, 0.717) is 13.2 Å². The predicted octanol–water partition coefficient (Wildman–Crippen LogP) is 3.83. The molecule has 6 heteroatoms. The van der Waals surface area contributed by atoms with E-state index in [-0.39, 0.29) is 17.7 Å². The number of benzene rings is 1. The van der Waals surface area contributed by atoms with Gasteiger partial charge in [0.15, 0.2) is 12.4 Å². The van der Waals surface area contributed by atoms with Crippen LogP contribution in [0.1, 0.15) is 71.1 Å². The van der Waals surface area contributed by atoms with Crippen LogP contribution in [0.5, 0.6) is 5.75 Å². The molecule has 1 fully saturated rings. The molecule has 1 amide bonds. The Labute approximate surface area is 161 Å². The third kappa shape index (κ3) is 5.43. The molecule has 3 rings (SSSR count). The highest BCUT2D eigenvalue weighted by Crippen LogP contribution is 2.34. The Morgan fingerprint density at radius 1 is 1.30 bits per heavy atom. The number of carbonyl (C=O) groups is 1. The van der Waals surface area contributed by atoms with Crippen molar-refractivity contribution < 1.29 is 23.7 Å². The summed E-state index contributed by atoms with van der Waals surface area (Å²) in [4.78, 5) is 13.0. The highest BCUT2D eigenvalue weighted by Gasteiger charge is 2.32. The number of nitrogens with one attached hydrogen (secondary N) is 1. The van der Waals surface area contributed by atoms with Gasteiger partial charge in [0.05, 0.1) is 6.61 Å². The lowest BCUT2D eigenvalue weighted by Gasteiger charge is -2.34. The van der Waals surface area contributed by atoms with E-state index in [2.05, 4.69) is 5.32 Å². The average molecular weight is 377 g/mol. The Bertz CT molecular complexity index is 674. The number of fused-ring (bicyclic) bond motifs is 1. The quantitative estimate of drug-likeness (QED) is 0.864. The molecule has 0 radical (unpaired) electrons. The molecule has 0 aromatic heterocycles. The first-order valence-electron chi connectivity index (χ1n) is 9.68. The minimum absolute atomic E-state index is 0.172. The Balaban J connectivity index is 1.84. The summed E-state index contributed by atoms with van der Waals surface area (Å²) in [6.07, 6.45) is 1.76. The summed E-state index contributed by atoms with van der Waals surface area (Å²) in [6.45, 7) is 10.7. The van der Waals surface area contributed by atoms with Crippen LogP contribution >= 0.6 is 0 Å². The van der Waals surface area contributed by atoms with Gasteiger partial charge in [0, 0.05) is 31.6 Å². The Kier molecular flexibility index (Phi) is 5.79. The second-order valence-electron chi connectivity index (χ2n) is 8.71. The largest absolute Gasteiger partial charge is 0.463 e. The smallest absolute Gasteiger partial charge is 0.254 e. The maximum Gasteiger partial charge on any atom is 0.254 e. The van der Waals surface area contributed by atoms with Gasteiger partial charge >= 0.3 is 0 Å². The monoisotopic (exact) mass is 377 g/mol. The van der Waals surface area contributed by atoms with Crippen molar-refractivity contribution in [2.24, 2.45) is 0 Å². The van der Waals surface area contributed by atoms with Gasteiger partial charge < -0.3 is 24.3 Å². The maximum atomic E-state index is 13.0. The zero-order valence-electron chi connectivity index (χ0n) is 17.0. The van der Waals surface area contributed by atoms with Crippen molar-refractivity contribution >= 4 is 5.91 Å². The third-order valence-electron chi connectivity index (χ3n) is 4.48. The molecule has 0 spiro atoms. The van der Waals surface area contributed by atoms with Gasteiger partial charge in [-0.1, -0.05) is 6.07 Å². The van der Waals surface area contributed by atoms with E-state index in [1.807, 2.05) is 52.8 Å². The normalized spacial score (nSPS) is 23.1. The highest BCUT2D eigenvalue weighted by molar-refractivity contribution is 5.83. The molecule has 1 unspecified atom stereocenters. The summed E-state index contributed by atoms with van der Waals surface area (Å²) in [5.41, 5.74) is 1.33. The number of carbonyl (C=O) groups excluding carboxylic acids is 1. The molecular weight excluding hydrogens is 346 g/mol. The molecule has 1 aromatic carbocycles. The Morgan fingerprint density at radius 2 is 2.07 bits per heavy atom. The van der Waals surface area contributed by atoms with Crippen LogP contribution in [-0.4, -0.2) is 30.1 Å². The first-order chi connectivity index (χ1) is 12.6. The van der Waals surface area contributed by atoms with Gasteiger partial charge in [0.1, 0.15) is 5.75 Å². The number of rotatable bonds is 4. The fraction of sp³-hybridized carbons (Fsp3) is 0.667. The first-order valence-corrected chi connectivity index (χ1v) is 9.68. The molecule has 27 heavy (non-hydrogen) atoms. The summed E-state index contributed by atoms with van der Waals surface area (Å²) < 4.78 is 23.4. The van der Waals surface area contributed by atoms with Crippen LogP contribution in [0.2, 0.25) is 0 Å². The van der Waals surface area contributed by atoms with Crippen LogP contribution in [0.4, 0.5) is 0 Å². The van der Waals surface area contributed by atoms with Gasteiger partial charge in [0.2, 0.25) is 5.79 Å². The van der Waals surface area contributed by atoms with Crippen molar-refractivity contribution in [3.05, 3.63) is 29.3 Å². The number of hydrogen-bond acceptors (Lipinski definition) is 5. The topological polar surface area (TPSA) is 66.0 Å². The van der Waals surface area contributed by atoms with Crippen LogP contribution in [0.25, 0.3) is 0 Å². The second-order valence-corrected chi connectivity index (χ2v) is 8.71. The lowest BCUT2D eigenvalue weighted by atomic mass is 10.0. The third-order valence-corrected chi connectivity index (χ3v) is 4.48. The standard InChI is InChI=1S/C21H31NO5/c1-20(2,3)22-19(23)18(26-17-8-6-7-11-24-17)14-9-10-16-15(12-14)13-25-21(4,5)27-16/h9-10,12,17-18H,6-8,11,13H2,1-5H3,(H,22,23)/t17?,18-/m1/s1. The molecule has 0 bridgehead atoms. The summed E-state index contributed by atoms with van der Waals surface area (Å²) in [7, 11) is 0. The van der Waals surface area contributed by atoms with Crippen molar-refractivity contribution in [1.82, 2.24) is 5.32 Å². The van der Waals surface area contributed by atoms with Crippen LogP contribution in [0.15, 0.2) is 18.2 Å². The minimum Gasteiger partial charge on any atom is -0.463 e. The predicted molar refractivity (Wildman–Crippen MR) is 101 cm³/mol. The Morgan fingerprint density at radius 3 is 2.74 bits per heavy atom. The number of ether oxygens (including phenoxy) is 4. The van der Waals surface area contributed by atoms with Gasteiger partial charge in [-0.2, -0.15) is 0 Å². The SMILES string of the molecule is CC(C)(C)NC(=O)[C@H](OC1CCCCO1)c1ccc2c(c1)COC(C)(C)O2. The lowest BCUT2D eigenvalue weighted by Crippen LogP contribution is -2.44. The van der Waals surface area contributed by atoms with E-state index in [1.165, 1.54) is 0 Å². The minimum atomic E-state index is -0.743. The van der Waals surface area contributed by atoms with Crippen LogP contribution in [0.3, 0.4) is 0 Å². The van der Waals surface area contributed by atoms with Crippen molar-refractivity contribution in [3.63, 3.8) is 0 Å². The zero-order valence-corrected chi connectivity index (χ0v) is 17.0. The number of amides is 1. The molecule has 2 aliphatic heterocycles. The van der Waals surface area contributed by atoms with Crippen molar-refractivity contribution in [3.8, 4) is 5.75 Å². The van der Waals surface area contributed by atoms with E-state index < -0.39 is 11.9 Å². The lowest BCUT2D eigenvalue weighted by molar-refractivity contribution is -0.195. The van der Waals surface area contributed by atoms with Crippen molar-refractivity contribution in [1.29, 1.82) is 0 Å². The molecule has 2 heterocycles. The molecule has 2 atom stereocenters. The van der Waals surface area contributed by atoms with Gasteiger partial charge in [0.25, 0.3) is 5.91 Å². The van der Waals surface area contributed by atoms with Gasteiger partial charge in [-0.3, -0.25) is 4.79 Å². The Hall–Kier alpha value is -1.63. The fourth-order valence-electron chi connectivity index (χ4n) is 3.22. The van der Waals surface area contributed by atoms with Gasteiger partial charge in [-0.15, -0.1) is 0 Å².